The molecular weight excluding hydrogens is 302 g/mol. The minimum atomic E-state index is -0.129. The summed E-state index contributed by atoms with van der Waals surface area (Å²) in [5.41, 5.74) is -0.129. The van der Waals surface area contributed by atoms with E-state index in [0.29, 0.717) is 5.91 Å². The molecule has 1 spiro atoms. The number of aryl methyl sites for hydroxylation is 1. The average Bonchev–Trinajstić information content (AvgIpc) is 3.07. The molecule has 0 radical (unpaired) electrons. The van der Waals surface area contributed by atoms with E-state index in [9.17, 15) is 4.79 Å². The highest BCUT2D eigenvalue weighted by atomic mass is 16.2. The largest absolute Gasteiger partial charge is 0.342 e. The number of nitrogens with zero attached hydrogens (tertiary/aromatic N) is 5. The Hall–Kier alpha value is -1.43. The molecule has 3 heterocycles. The third kappa shape index (κ3) is 2.75. The van der Waals surface area contributed by atoms with Gasteiger partial charge in [-0.25, -0.2) is 0 Å². The Morgan fingerprint density at radius 2 is 2.00 bits per heavy atom. The number of carbonyl (C=O) groups is 1. The maximum absolute atomic E-state index is 13.2. The first-order valence-corrected chi connectivity index (χ1v) is 9.44. The molecule has 2 aliphatic heterocycles. The van der Waals surface area contributed by atoms with Gasteiger partial charge in [-0.2, -0.15) is 0 Å². The molecule has 6 heteroatoms. The smallest absolute Gasteiger partial charge is 0.230 e. The minimum absolute atomic E-state index is 0.129. The third-order valence-corrected chi connectivity index (χ3v) is 6.51. The van der Waals surface area contributed by atoms with Crippen molar-refractivity contribution in [3.8, 4) is 0 Å². The van der Waals surface area contributed by atoms with Crippen molar-refractivity contribution in [3.63, 3.8) is 0 Å². The number of hydrogen-bond acceptors (Lipinski definition) is 4. The zero-order valence-corrected chi connectivity index (χ0v) is 15.0. The van der Waals surface area contributed by atoms with Crippen LogP contribution < -0.4 is 0 Å². The van der Waals surface area contributed by atoms with E-state index >= 15 is 0 Å². The molecule has 1 unspecified atom stereocenters. The zero-order chi connectivity index (χ0) is 16.7. The average molecular weight is 331 g/mol. The van der Waals surface area contributed by atoms with Crippen LogP contribution in [-0.4, -0.2) is 56.7 Å². The van der Waals surface area contributed by atoms with Crippen molar-refractivity contribution in [2.24, 2.45) is 18.4 Å². The molecule has 0 bridgehead atoms. The molecule has 0 N–H and O–H groups in total. The lowest BCUT2D eigenvalue weighted by molar-refractivity contribution is -0.146. The molecule has 0 aromatic carbocycles. The molecule has 2 saturated heterocycles. The molecule has 6 nitrogen and oxygen atoms in total. The molecule has 3 fully saturated rings. The first-order valence-electron chi connectivity index (χ1n) is 9.44. The van der Waals surface area contributed by atoms with Gasteiger partial charge in [-0.1, -0.05) is 6.42 Å². The number of likely N-dealkylation sites (tertiary alicyclic amines) is 2. The van der Waals surface area contributed by atoms with Gasteiger partial charge in [0.1, 0.15) is 11.6 Å². The normalized spacial score (nSPS) is 28.8. The second kappa shape index (κ2) is 6.14. The summed E-state index contributed by atoms with van der Waals surface area (Å²) in [7, 11) is 2.02. The molecular formula is C18H29N5O. The second-order valence-corrected chi connectivity index (χ2v) is 8.12. The fraction of sp³-hybridized carbons (Fsp3) is 0.833. The Labute approximate surface area is 144 Å². The van der Waals surface area contributed by atoms with Gasteiger partial charge in [-0.05, 0) is 51.5 Å². The first-order chi connectivity index (χ1) is 11.6. The number of amides is 1. The van der Waals surface area contributed by atoms with Crippen LogP contribution in [0.3, 0.4) is 0 Å². The maximum Gasteiger partial charge on any atom is 0.230 e. The van der Waals surface area contributed by atoms with Crippen molar-refractivity contribution < 1.29 is 4.79 Å². The van der Waals surface area contributed by atoms with E-state index in [1.807, 2.05) is 14.0 Å². The predicted molar refractivity (Wildman–Crippen MR) is 91.2 cm³/mol. The van der Waals surface area contributed by atoms with Crippen LogP contribution in [-0.2, 0) is 18.4 Å². The predicted octanol–water partition coefficient (Wildman–Crippen LogP) is 1.74. The van der Waals surface area contributed by atoms with E-state index < -0.39 is 0 Å². The van der Waals surface area contributed by atoms with Crippen LogP contribution in [0, 0.1) is 18.3 Å². The summed E-state index contributed by atoms with van der Waals surface area (Å²) < 4.78 is 2.05. The molecule has 24 heavy (non-hydrogen) atoms. The van der Waals surface area contributed by atoms with Crippen LogP contribution in [0.2, 0.25) is 0 Å². The summed E-state index contributed by atoms with van der Waals surface area (Å²) in [5.74, 6) is 3.14. The van der Waals surface area contributed by atoms with Gasteiger partial charge in [0.25, 0.3) is 0 Å². The van der Waals surface area contributed by atoms with Gasteiger partial charge in [0, 0.05) is 26.7 Å². The lowest BCUT2D eigenvalue weighted by atomic mass is 9.77. The summed E-state index contributed by atoms with van der Waals surface area (Å²) in [6, 6.07) is 0. The SMILES string of the molecule is Cc1nnc(CN2CCC3(CCCN(CC4CCC4)C3=O)C2)n1C. The van der Waals surface area contributed by atoms with Crippen molar-refractivity contribution in [1.82, 2.24) is 24.6 Å². The summed E-state index contributed by atoms with van der Waals surface area (Å²) in [6.45, 7) is 6.64. The van der Waals surface area contributed by atoms with Crippen molar-refractivity contribution in [2.75, 3.05) is 26.2 Å². The highest BCUT2D eigenvalue weighted by Crippen LogP contribution is 2.41. The fourth-order valence-corrected chi connectivity index (χ4v) is 4.57. The van der Waals surface area contributed by atoms with Crippen LogP contribution in [0.4, 0.5) is 0 Å². The maximum atomic E-state index is 13.2. The molecule has 1 aliphatic carbocycles. The van der Waals surface area contributed by atoms with Crippen molar-refractivity contribution in [1.29, 1.82) is 0 Å². The second-order valence-electron chi connectivity index (χ2n) is 8.12. The van der Waals surface area contributed by atoms with E-state index in [4.69, 9.17) is 0 Å². The Bertz CT molecular complexity index is 623. The highest BCUT2D eigenvalue weighted by Gasteiger charge is 2.48. The number of hydrogen-bond donors (Lipinski definition) is 0. The van der Waals surface area contributed by atoms with Crippen LogP contribution in [0.1, 0.15) is 50.2 Å². The molecule has 132 valence electrons. The first kappa shape index (κ1) is 16.1. The summed E-state index contributed by atoms with van der Waals surface area (Å²) in [6.07, 6.45) is 7.20. The van der Waals surface area contributed by atoms with E-state index in [1.54, 1.807) is 0 Å². The zero-order valence-electron chi connectivity index (χ0n) is 15.0. The Balaban J connectivity index is 1.41. The number of piperidine rings is 1. The van der Waals surface area contributed by atoms with E-state index in [0.717, 1.165) is 69.6 Å². The van der Waals surface area contributed by atoms with E-state index in [-0.39, 0.29) is 5.41 Å². The molecule has 4 rings (SSSR count). The Morgan fingerprint density at radius 1 is 1.17 bits per heavy atom. The Morgan fingerprint density at radius 3 is 2.67 bits per heavy atom. The summed E-state index contributed by atoms with van der Waals surface area (Å²) in [4.78, 5) is 17.7. The van der Waals surface area contributed by atoms with Crippen molar-refractivity contribution in [2.45, 2.75) is 52.0 Å². The van der Waals surface area contributed by atoms with Gasteiger partial charge in [-0.3, -0.25) is 9.69 Å². The van der Waals surface area contributed by atoms with Crippen molar-refractivity contribution >= 4 is 5.91 Å². The molecule has 1 aromatic rings. The van der Waals surface area contributed by atoms with Gasteiger partial charge in [-0.15, -0.1) is 10.2 Å². The molecule has 1 saturated carbocycles. The highest BCUT2D eigenvalue weighted by molar-refractivity contribution is 5.84. The van der Waals surface area contributed by atoms with Crippen LogP contribution >= 0.6 is 0 Å². The molecule has 1 aromatic heterocycles. The third-order valence-electron chi connectivity index (χ3n) is 6.51. The topological polar surface area (TPSA) is 54.3 Å². The van der Waals surface area contributed by atoms with E-state index in [1.165, 1.54) is 19.3 Å². The number of aromatic nitrogens is 3. The lowest BCUT2D eigenvalue weighted by Gasteiger charge is -2.42. The fourth-order valence-electron chi connectivity index (χ4n) is 4.57. The van der Waals surface area contributed by atoms with E-state index in [2.05, 4.69) is 24.6 Å². The van der Waals surface area contributed by atoms with Crippen LogP contribution in [0.5, 0.6) is 0 Å². The van der Waals surface area contributed by atoms with Crippen LogP contribution in [0.25, 0.3) is 0 Å². The molecule has 1 amide bonds. The van der Waals surface area contributed by atoms with Gasteiger partial charge < -0.3 is 9.47 Å². The summed E-state index contributed by atoms with van der Waals surface area (Å²) in [5, 5.41) is 8.43. The molecule has 3 aliphatic rings. The number of carbonyl (C=O) groups excluding carboxylic acids is 1. The van der Waals surface area contributed by atoms with Gasteiger partial charge in [0.05, 0.1) is 12.0 Å². The number of rotatable bonds is 4. The monoisotopic (exact) mass is 331 g/mol. The van der Waals surface area contributed by atoms with Gasteiger partial charge >= 0.3 is 0 Å². The quantitative estimate of drug-likeness (QED) is 0.843. The molecule has 1 atom stereocenters. The summed E-state index contributed by atoms with van der Waals surface area (Å²) >= 11 is 0. The minimum Gasteiger partial charge on any atom is -0.342 e. The van der Waals surface area contributed by atoms with Crippen LogP contribution in [0.15, 0.2) is 0 Å². The standard InChI is InChI=1S/C18H29N5O/c1-14-19-20-16(21(14)2)12-22-10-8-18(13-22)7-4-9-23(17(18)24)11-15-5-3-6-15/h15H,3-13H2,1-2H3. The van der Waals surface area contributed by atoms with Crippen molar-refractivity contribution in [3.05, 3.63) is 11.6 Å². The lowest BCUT2D eigenvalue weighted by Crippen LogP contribution is -2.51. The van der Waals surface area contributed by atoms with Gasteiger partial charge in [0.15, 0.2) is 0 Å². The van der Waals surface area contributed by atoms with Gasteiger partial charge in [0.2, 0.25) is 5.91 Å². The Kier molecular flexibility index (Phi) is 4.11.